The number of nitrogens with zero attached hydrogens (tertiary/aromatic N) is 3. The van der Waals surface area contributed by atoms with Crippen LogP contribution < -0.4 is 18.9 Å². The van der Waals surface area contributed by atoms with E-state index in [1.807, 2.05) is 30.3 Å². The summed E-state index contributed by atoms with van der Waals surface area (Å²) in [4.78, 5) is 0. The lowest BCUT2D eigenvalue weighted by Gasteiger charge is -2.10. The molecule has 0 fully saturated rings. The molecular weight excluding hydrogens is 380 g/mol. The molecule has 9 heteroatoms. The van der Waals surface area contributed by atoms with Gasteiger partial charge in [0, 0.05) is 11.1 Å². The van der Waals surface area contributed by atoms with E-state index in [9.17, 15) is 0 Å². The first-order valence-corrected chi connectivity index (χ1v) is 8.69. The van der Waals surface area contributed by atoms with Crippen molar-refractivity contribution in [3.63, 3.8) is 0 Å². The van der Waals surface area contributed by atoms with Crippen molar-refractivity contribution in [2.45, 2.75) is 0 Å². The average molecular weight is 400 g/mol. The molecular formula is C19H20N4O4S. The van der Waals surface area contributed by atoms with E-state index in [0.717, 1.165) is 11.1 Å². The average Bonchev–Trinajstić information content (AvgIpc) is 3.11. The summed E-state index contributed by atoms with van der Waals surface area (Å²) in [6.07, 6.45) is 1.64. The Balaban J connectivity index is 2.04. The van der Waals surface area contributed by atoms with E-state index >= 15 is 0 Å². The first-order valence-electron chi connectivity index (χ1n) is 8.28. The number of H-pyrrole nitrogens is 1. The summed E-state index contributed by atoms with van der Waals surface area (Å²) >= 11 is 5.33. The van der Waals surface area contributed by atoms with E-state index in [-0.39, 0.29) is 0 Å². The van der Waals surface area contributed by atoms with Gasteiger partial charge in [0.25, 0.3) is 0 Å². The molecule has 28 heavy (non-hydrogen) atoms. The van der Waals surface area contributed by atoms with Crippen LogP contribution in [0, 0.1) is 4.77 Å². The van der Waals surface area contributed by atoms with Crippen LogP contribution in [0.4, 0.5) is 0 Å². The first-order chi connectivity index (χ1) is 13.6. The van der Waals surface area contributed by atoms with Crippen LogP contribution in [0.25, 0.3) is 11.4 Å². The third-order valence-corrected chi connectivity index (χ3v) is 4.30. The molecule has 0 amide bonds. The van der Waals surface area contributed by atoms with Gasteiger partial charge in [-0.2, -0.15) is 14.9 Å². The molecule has 0 unspecified atom stereocenters. The summed E-state index contributed by atoms with van der Waals surface area (Å²) in [6.45, 7) is 0. The summed E-state index contributed by atoms with van der Waals surface area (Å²) in [5, 5.41) is 11.5. The number of rotatable bonds is 7. The van der Waals surface area contributed by atoms with E-state index in [1.165, 1.54) is 4.68 Å². The maximum absolute atomic E-state index is 5.43. The van der Waals surface area contributed by atoms with Gasteiger partial charge in [0.05, 0.1) is 34.7 Å². The minimum Gasteiger partial charge on any atom is -0.493 e. The van der Waals surface area contributed by atoms with Gasteiger partial charge in [0.15, 0.2) is 28.8 Å². The fourth-order valence-electron chi connectivity index (χ4n) is 2.69. The smallest absolute Gasteiger partial charge is 0.216 e. The fourth-order valence-corrected chi connectivity index (χ4v) is 2.87. The molecule has 0 saturated carbocycles. The Morgan fingerprint density at radius 1 is 0.964 bits per heavy atom. The minimum atomic E-state index is 0.350. The SMILES string of the molecule is COc1ccc(-c2n[nH]c(=S)n2/N=C/c2cccc(OC)c2OC)cc1OC. The number of ether oxygens (including phenoxy) is 4. The summed E-state index contributed by atoms with van der Waals surface area (Å²) in [5.41, 5.74) is 1.50. The van der Waals surface area contributed by atoms with Crippen molar-refractivity contribution in [2.75, 3.05) is 28.4 Å². The van der Waals surface area contributed by atoms with Crippen molar-refractivity contribution in [1.82, 2.24) is 14.9 Å². The summed E-state index contributed by atoms with van der Waals surface area (Å²) in [6, 6.07) is 11.0. The van der Waals surface area contributed by atoms with Gasteiger partial charge < -0.3 is 18.9 Å². The zero-order valence-corrected chi connectivity index (χ0v) is 16.7. The second-order valence-electron chi connectivity index (χ2n) is 5.56. The maximum Gasteiger partial charge on any atom is 0.216 e. The van der Waals surface area contributed by atoms with Crippen molar-refractivity contribution in [3.05, 3.63) is 46.7 Å². The highest BCUT2D eigenvalue weighted by Gasteiger charge is 2.13. The lowest BCUT2D eigenvalue weighted by Crippen LogP contribution is -1.99. The normalized spacial score (nSPS) is 10.9. The molecule has 3 aromatic rings. The highest BCUT2D eigenvalue weighted by atomic mass is 32.1. The molecule has 146 valence electrons. The zero-order valence-electron chi connectivity index (χ0n) is 15.9. The molecule has 0 saturated heterocycles. The van der Waals surface area contributed by atoms with Crippen molar-refractivity contribution in [1.29, 1.82) is 0 Å². The van der Waals surface area contributed by atoms with E-state index < -0.39 is 0 Å². The Morgan fingerprint density at radius 3 is 2.39 bits per heavy atom. The molecule has 8 nitrogen and oxygen atoms in total. The van der Waals surface area contributed by atoms with E-state index in [1.54, 1.807) is 40.7 Å². The van der Waals surface area contributed by atoms with Gasteiger partial charge in [-0.3, -0.25) is 0 Å². The van der Waals surface area contributed by atoms with Crippen LogP contribution in [-0.4, -0.2) is 49.5 Å². The number of hydrogen-bond acceptors (Lipinski definition) is 7. The van der Waals surface area contributed by atoms with E-state index in [2.05, 4.69) is 15.3 Å². The highest BCUT2D eigenvalue weighted by molar-refractivity contribution is 7.71. The van der Waals surface area contributed by atoms with E-state index in [0.29, 0.717) is 33.6 Å². The number of para-hydroxylation sites is 1. The lowest BCUT2D eigenvalue weighted by molar-refractivity contribution is 0.354. The molecule has 1 heterocycles. The zero-order chi connectivity index (χ0) is 20.1. The van der Waals surface area contributed by atoms with Crippen molar-refractivity contribution in [3.8, 4) is 34.4 Å². The number of hydrogen-bond donors (Lipinski definition) is 1. The van der Waals surface area contributed by atoms with Gasteiger partial charge in [-0.05, 0) is 42.5 Å². The predicted molar refractivity (Wildman–Crippen MR) is 108 cm³/mol. The molecule has 0 radical (unpaired) electrons. The highest BCUT2D eigenvalue weighted by Crippen LogP contribution is 2.32. The summed E-state index contributed by atoms with van der Waals surface area (Å²) in [5.74, 6) is 2.93. The Kier molecular flexibility index (Phi) is 5.95. The minimum absolute atomic E-state index is 0.350. The third-order valence-electron chi connectivity index (χ3n) is 4.04. The molecule has 3 rings (SSSR count). The quantitative estimate of drug-likeness (QED) is 0.483. The lowest BCUT2D eigenvalue weighted by atomic mass is 10.2. The number of aromatic nitrogens is 3. The van der Waals surface area contributed by atoms with E-state index in [4.69, 9.17) is 31.2 Å². The second kappa shape index (κ2) is 8.57. The number of nitrogens with one attached hydrogen (secondary N) is 1. The molecule has 2 aromatic carbocycles. The second-order valence-corrected chi connectivity index (χ2v) is 5.95. The molecule has 0 atom stereocenters. The van der Waals surface area contributed by atoms with Crippen LogP contribution in [0.3, 0.4) is 0 Å². The van der Waals surface area contributed by atoms with Crippen molar-refractivity contribution in [2.24, 2.45) is 5.10 Å². The molecule has 0 aliphatic rings. The largest absolute Gasteiger partial charge is 0.493 e. The third kappa shape index (κ3) is 3.70. The molecule has 0 bridgehead atoms. The van der Waals surface area contributed by atoms with Crippen LogP contribution in [0.2, 0.25) is 0 Å². The predicted octanol–water partition coefficient (Wildman–Crippen LogP) is 3.52. The Morgan fingerprint density at radius 2 is 1.71 bits per heavy atom. The van der Waals surface area contributed by atoms with Crippen molar-refractivity contribution < 1.29 is 18.9 Å². The van der Waals surface area contributed by atoms with Gasteiger partial charge in [0.1, 0.15) is 0 Å². The van der Waals surface area contributed by atoms with Gasteiger partial charge >= 0.3 is 0 Å². The Hall–Kier alpha value is -3.33. The van der Waals surface area contributed by atoms with Crippen LogP contribution in [0.15, 0.2) is 41.5 Å². The van der Waals surface area contributed by atoms with Crippen LogP contribution in [0.5, 0.6) is 23.0 Å². The van der Waals surface area contributed by atoms with Gasteiger partial charge in [0.2, 0.25) is 4.77 Å². The van der Waals surface area contributed by atoms with Crippen LogP contribution in [0.1, 0.15) is 5.56 Å². The monoisotopic (exact) mass is 400 g/mol. The molecule has 0 aliphatic heterocycles. The van der Waals surface area contributed by atoms with Gasteiger partial charge in [-0.15, -0.1) is 0 Å². The molecule has 1 N–H and O–H groups in total. The maximum atomic E-state index is 5.43. The number of aromatic amines is 1. The molecule has 1 aromatic heterocycles. The van der Waals surface area contributed by atoms with Crippen LogP contribution >= 0.6 is 12.2 Å². The first kappa shape index (κ1) is 19.4. The Labute approximate surface area is 167 Å². The number of methoxy groups -OCH3 is 4. The fraction of sp³-hybridized carbons (Fsp3) is 0.211. The van der Waals surface area contributed by atoms with Crippen molar-refractivity contribution >= 4 is 18.4 Å². The topological polar surface area (TPSA) is 82.9 Å². The van der Waals surface area contributed by atoms with Gasteiger partial charge in [-0.1, -0.05) is 6.07 Å². The molecule has 0 spiro atoms. The summed E-state index contributed by atoms with van der Waals surface area (Å²) < 4.78 is 23.3. The summed E-state index contributed by atoms with van der Waals surface area (Å²) in [7, 11) is 6.32. The molecule has 0 aliphatic carbocycles. The standard InChI is InChI=1S/C19H20N4O4S/c1-24-14-9-8-12(10-16(14)26-3)18-21-22-19(28)23(18)20-11-13-6-5-7-15(25-2)17(13)27-4/h5-11H,1-4H3,(H,22,28)/b20-11+. The van der Waals surface area contributed by atoms with Gasteiger partial charge in [-0.25, -0.2) is 5.10 Å². The number of benzene rings is 2. The Bertz CT molecular complexity index is 1060. The van der Waals surface area contributed by atoms with Crippen LogP contribution in [-0.2, 0) is 0 Å².